The summed E-state index contributed by atoms with van der Waals surface area (Å²) in [5.74, 6) is -0.954. The molecule has 0 bridgehead atoms. The normalized spacial score (nSPS) is 23.5. The van der Waals surface area contributed by atoms with E-state index in [0.29, 0.717) is 13.1 Å². The number of aliphatic hydroxyl groups is 1. The van der Waals surface area contributed by atoms with Gasteiger partial charge in [0.25, 0.3) is 0 Å². The number of halogens is 1. The summed E-state index contributed by atoms with van der Waals surface area (Å²) in [5, 5.41) is 9.95. The standard InChI is InChI=1S/C10H18FNO3/c1-3-15-9(13)8(11)10(14)4-6-12(2)7-5-10/h8,14H,3-7H2,1-2H3. The van der Waals surface area contributed by atoms with Crippen molar-refractivity contribution in [3.05, 3.63) is 0 Å². The van der Waals surface area contributed by atoms with E-state index in [9.17, 15) is 14.3 Å². The molecular formula is C10H18FNO3. The van der Waals surface area contributed by atoms with E-state index in [1.165, 1.54) is 0 Å². The van der Waals surface area contributed by atoms with Crippen LogP contribution in [0.3, 0.4) is 0 Å². The minimum atomic E-state index is -1.92. The van der Waals surface area contributed by atoms with E-state index in [2.05, 4.69) is 4.74 Å². The average molecular weight is 219 g/mol. The Morgan fingerprint density at radius 3 is 2.60 bits per heavy atom. The van der Waals surface area contributed by atoms with Gasteiger partial charge in [-0.2, -0.15) is 0 Å². The first-order chi connectivity index (χ1) is 6.99. The van der Waals surface area contributed by atoms with Crippen LogP contribution in [0.4, 0.5) is 4.39 Å². The van der Waals surface area contributed by atoms with Crippen LogP contribution in [-0.4, -0.2) is 54.5 Å². The summed E-state index contributed by atoms with van der Waals surface area (Å²) in [6, 6.07) is 0. The lowest BCUT2D eigenvalue weighted by Crippen LogP contribution is -2.52. The molecule has 1 fully saturated rings. The number of hydrogen-bond donors (Lipinski definition) is 1. The summed E-state index contributed by atoms with van der Waals surface area (Å²) in [5.41, 5.74) is -1.54. The summed E-state index contributed by atoms with van der Waals surface area (Å²) >= 11 is 0. The zero-order chi connectivity index (χ0) is 11.5. The SMILES string of the molecule is CCOC(=O)C(F)C1(O)CCN(C)CC1. The van der Waals surface area contributed by atoms with Crippen molar-refractivity contribution >= 4 is 5.97 Å². The lowest BCUT2D eigenvalue weighted by molar-refractivity contribution is -0.164. The molecule has 88 valence electrons. The maximum absolute atomic E-state index is 13.6. The van der Waals surface area contributed by atoms with Gasteiger partial charge in [-0.1, -0.05) is 0 Å². The third-order valence-electron chi connectivity index (χ3n) is 2.82. The second-order valence-corrected chi connectivity index (χ2v) is 4.02. The second kappa shape index (κ2) is 4.90. The molecule has 1 aliphatic heterocycles. The maximum atomic E-state index is 13.6. The number of rotatable bonds is 3. The first-order valence-corrected chi connectivity index (χ1v) is 5.21. The Labute approximate surface area is 89.0 Å². The van der Waals surface area contributed by atoms with Crippen molar-refractivity contribution in [1.82, 2.24) is 4.90 Å². The van der Waals surface area contributed by atoms with Gasteiger partial charge < -0.3 is 14.7 Å². The summed E-state index contributed by atoms with van der Waals surface area (Å²) < 4.78 is 18.2. The predicted molar refractivity (Wildman–Crippen MR) is 53.2 cm³/mol. The molecule has 4 nitrogen and oxygen atoms in total. The highest BCUT2D eigenvalue weighted by atomic mass is 19.1. The molecule has 0 amide bonds. The Morgan fingerprint density at radius 2 is 2.13 bits per heavy atom. The van der Waals surface area contributed by atoms with Crippen LogP contribution in [0.5, 0.6) is 0 Å². The second-order valence-electron chi connectivity index (χ2n) is 4.02. The molecule has 15 heavy (non-hydrogen) atoms. The van der Waals surface area contributed by atoms with Gasteiger partial charge in [0.15, 0.2) is 0 Å². The van der Waals surface area contributed by atoms with Crippen molar-refractivity contribution in [2.75, 3.05) is 26.7 Å². The lowest BCUT2D eigenvalue weighted by atomic mass is 9.87. The Balaban J connectivity index is 2.57. The zero-order valence-corrected chi connectivity index (χ0v) is 9.20. The van der Waals surface area contributed by atoms with Gasteiger partial charge in [0.1, 0.15) is 5.60 Å². The van der Waals surface area contributed by atoms with E-state index in [1.807, 2.05) is 11.9 Å². The summed E-state index contributed by atoms with van der Waals surface area (Å²) in [7, 11) is 1.90. The third kappa shape index (κ3) is 2.89. The lowest BCUT2D eigenvalue weighted by Gasteiger charge is -2.37. The van der Waals surface area contributed by atoms with Gasteiger partial charge in [0.05, 0.1) is 6.61 Å². The largest absolute Gasteiger partial charge is 0.464 e. The van der Waals surface area contributed by atoms with Crippen LogP contribution >= 0.6 is 0 Å². The summed E-state index contributed by atoms with van der Waals surface area (Å²) in [6.07, 6.45) is -1.39. The Morgan fingerprint density at radius 1 is 1.60 bits per heavy atom. The minimum Gasteiger partial charge on any atom is -0.464 e. The molecule has 1 rings (SSSR count). The molecular weight excluding hydrogens is 201 g/mol. The van der Waals surface area contributed by atoms with E-state index in [0.717, 1.165) is 0 Å². The quantitative estimate of drug-likeness (QED) is 0.696. The van der Waals surface area contributed by atoms with Gasteiger partial charge in [-0.3, -0.25) is 0 Å². The first kappa shape index (κ1) is 12.4. The Kier molecular flexibility index (Phi) is 4.04. The Hall–Kier alpha value is -0.680. The highest BCUT2D eigenvalue weighted by Crippen LogP contribution is 2.27. The molecule has 0 aromatic rings. The molecule has 0 saturated carbocycles. The highest BCUT2D eigenvalue weighted by molar-refractivity contribution is 5.76. The molecule has 1 atom stereocenters. The van der Waals surface area contributed by atoms with Gasteiger partial charge in [-0.15, -0.1) is 0 Å². The van der Waals surface area contributed by atoms with Crippen molar-refractivity contribution in [2.24, 2.45) is 0 Å². The van der Waals surface area contributed by atoms with Crippen molar-refractivity contribution in [3.63, 3.8) is 0 Å². The van der Waals surface area contributed by atoms with E-state index >= 15 is 0 Å². The number of ether oxygens (including phenoxy) is 1. The first-order valence-electron chi connectivity index (χ1n) is 5.21. The number of piperidine rings is 1. The van der Waals surface area contributed by atoms with Crippen LogP contribution in [-0.2, 0) is 9.53 Å². The highest BCUT2D eigenvalue weighted by Gasteiger charge is 2.44. The van der Waals surface area contributed by atoms with E-state index in [4.69, 9.17) is 0 Å². The third-order valence-corrected chi connectivity index (χ3v) is 2.82. The fourth-order valence-corrected chi connectivity index (χ4v) is 1.69. The predicted octanol–water partition coefficient (Wildman–Crippen LogP) is 0.344. The molecule has 0 radical (unpaired) electrons. The van der Waals surface area contributed by atoms with Crippen LogP contribution in [0.15, 0.2) is 0 Å². The number of esters is 1. The van der Waals surface area contributed by atoms with Crippen molar-refractivity contribution in [3.8, 4) is 0 Å². The maximum Gasteiger partial charge on any atom is 0.343 e. The molecule has 0 aliphatic carbocycles. The smallest absolute Gasteiger partial charge is 0.343 e. The molecule has 1 aliphatic rings. The number of nitrogens with zero attached hydrogens (tertiary/aromatic N) is 1. The van der Waals surface area contributed by atoms with Gasteiger partial charge in [-0.25, -0.2) is 9.18 Å². The van der Waals surface area contributed by atoms with E-state index < -0.39 is 17.7 Å². The average Bonchev–Trinajstić information content (AvgIpc) is 2.22. The molecule has 5 heteroatoms. The van der Waals surface area contributed by atoms with E-state index in [-0.39, 0.29) is 19.4 Å². The molecule has 1 saturated heterocycles. The van der Waals surface area contributed by atoms with Crippen molar-refractivity contribution in [2.45, 2.75) is 31.5 Å². The number of hydrogen-bond acceptors (Lipinski definition) is 4. The Bertz CT molecular complexity index is 227. The van der Waals surface area contributed by atoms with Crippen LogP contribution in [0.1, 0.15) is 19.8 Å². The van der Waals surface area contributed by atoms with Gasteiger partial charge in [0, 0.05) is 13.1 Å². The monoisotopic (exact) mass is 219 g/mol. The van der Waals surface area contributed by atoms with Crippen LogP contribution < -0.4 is 0 Å². The topological polar surface area (TPSA) is 49.8 Å². The minimum absolute atomic E-state index is 0.134. The molecule has 0 aromatic carbocycles. The van der Waals surface area contributed by atoms with E-state index in [1.54, 1.807) is 6.92 Å². The molecule has 1 N–H and O–H groups in total. The van der Waals surface area contributed by atoms with Crippen LogP contribution in [0.25, 0.3) is 0 Å². The van der Waals surface area contributed by atoms with Gasteiger partial charge in [-0.05, 0) is 26.8 Å². The van der Waals surface area contributed by atoms with Crippen LogP contribution in [0, 0.1) is 0 Å². The number of carbonyl (C=O) groups is 1. The molecule has 0 spiro atoms. The summed E-state index contributed by atoms with van der Waals surface area (Å²) in [6.45, 7) is 2.94. The van der Waals surface area contributed by atoms with Gasteiger partial charge >= 0.3 is 5.97 Å². The van der Waals surface area contributed by atoms with Crippen LogP contribution in [0.2, 0.25) is 0 Å². The van der Waals surface area contributed by atoms with Crippen molar-refractivity contribution < 1.29 is 19.0 Å². The van der Waals surface area contributed by atoms with Crippen molar-refractivity contribution in [1.29, 1.82) is 0 Å². The number of alkyl halides is 1. The fourth-order valence-electron chi connectivity index (χ4n) is 1.69. The summed E-state index contributed by atoms with van der Waals surface area (Å²) in [4.78, 5) is 13.2. The van der Waals surface area contributed by atoms with Gasteiger partial charge in [0.2, 0.25) is 6.17 Å². The molecule has 1 unspecified atom stereocenters. The number of likely N-dealkylation sites (tertiary alicyclic amines) is 1. The number of carbonyl (C=O) groups excluding carboxylic acids is 1. The molecule has 0 aromatic heterocycles. The molecule has 1 heterocycles. The fraction of sp³-hybridized carbons (Fsp3) is 0.900. The zero-order valence-electron chi connectivity index (χ0n) is 9.20.